The summed E-state index contributed by atoms with van der Waals surface area (Å²) in [4.78, 5) is 16.3. The molecule has 19 heavy (non-hydrogen) atoms. The van der Waals surface area contributed by atoms with Crippen LogP contribution in [0.5, 0.6) is 5.75 Å². The Morgan fingerprint density at radius 1 is 1.58 bits per heavy atom. The fourth-order valence-electron chi connectivity index (χ4n) is 2.11. The van der Waals surface area contributed by atoms with Gasteiger partial charge >= 0.3 is 0 Å². The van der Waals surface area contributed by atoms with Gasteiger partial charge in [0, 0.05) is 28.6 Å². The van der Waals surface area contributed by atoms with Crippen molar-refractivity contribution in [2.45, 2.75) is 19.4 Å². The maximum Gasteiger partial charge on any atom is 0.261 e. The van der Waals surface area contributed by atoms with E-state index in [2.05, 4.69) is 10.3 Å². The van der Waals surface area contributed by atoms with E-state index < -0.39 is 0 Å². The Balaban J connectivity index is 1.95. The molecule has 0 aliphatic carbocycles. The Bertz CT molecular complexity index is 628. The van der Waals surface area contributed by atoms with Gasteiger partial charge in [0.05, 0.1) is 5.56 Å². The van der Waals surface area contributed by atoms with Crippen molar-refractivity contribution in [2.75, 3.05) is 5.32 Å². The van der Waals surface area contributed by atoms with Crippen LogP contribution in [-0.2, 0) is 6.42 Å². The van der Waals surface area contributed by atoms with E-state index in [1.165, 1.54) is 11.3 Å². The van der Waals surface area contributed by atoms with E-state index in [1.54, 1.807) is 17.6 Å². The Kier molecular flexibility index (Phi) is 3.16. The number of rotatable bonds is 2. The molecule has 0 bridgehead atoms. The van der Waals surface area contributed by atoms with E-state index in [9.17, 15) is 4.79 Å². The fraction of sp³-hybridized carbons (Fsp3) is 0.231. The molecule has 1 atom stereocenters. The van der Waals surface area contributed by atoms with Crippen LogP contribution in [0.25, 0.3) is 0 Å². The van der Waals surface area contributed by atoms with Crippen molar-refractivity contribution in [3.63, 3.8) is 0 Å². The molecule has 2 aromatic rings. The Morgan fingerprint density at radius 3 is 3.16 bits per heavy atom. The van der Waals surface area contributed by atoms with Gasteiger partial charge in [-0.1, -0.05) is 11.6 Å². The lowest BCUT2D eigenvalue weighted by atomic mass is 10.1. The zero-order valence-electron chi connectivity index (χ0n) is 10.1. The average molecular weight is 295 g/mol. The summed E-state index contributed by atoms with van der Waals surface area (Å²) in [6.45, 7) is 1.97. The number of hydrogen-bond acceptors (Lipinski definition) is 4. The minimum Gasteiger partial charge on any atom is -0.489 e. The first-order chi connectivity index (χ1) is 9.13. The minimum atomic E-state index is -0.247. The minimum absolute atomic E-state index is 0.0693. The van der Waals surface area contributed by atoms with E-state index in [0.717, 1.165) is 12.0 Å². The van der Waals surface area contributed by atoms with Crippen LogP contribution in [0.2, 0.25) is 5.02 Å². The zero-order chi connectivity index (χ0) is 13.4. The highest BCUT2D eigenvalue weighted by Gasteiger charge is 2.26. The van der Waals surface area contributed by atoms with E-state index in [0.29, 0.717) is 21.5 Å². The molecule has 1 aromatic heterocycles. The number of hydrogen-bond donors (Lipinski definition) is 1. The van der Waals surface area contributed by atoms with Crippen LogP contribution >= 0.6 is 22.9 Å². The normalized spacial score (nSPS) is 16.8. The van der Waals surface area contributed by atoms with Gasteiger partial charge < -0.3 is 4.74 Å². The molecule has 98 valence electrons. The van der Waals surface area contributed by atoms with Crippen molar-refractivity contribution in [1.29, 1.82) is 0 Å². The molecule has 1 aromatic carbocycles. The van der Waals surface area contributed by atoms with E-state index in [1.807, 2.05) is 13.0 Å². The summed E-state index contributed by atoms with van der Waals surface area (Å²) in [7, 11) is 0. The second-order valence-electron chi connectivity index (χ2n) is 4.37. The number of amides is 1. The second kappa shape index (κ2) is 4.83. The summed E-state index contributed by atoms with van der Waals surface area (Å²) < 4.78 is 5.70. The Hall–Kier alpha value is -1.59. The third-order valence-corrected chi connectivity index (χ3v) is 3.76. The molecular weight excluding hydrogens is 284 g/mol. The molecule has 1 unspecified atom stereocenters. The van der Waals surface area contributed by atoms with Gasteiger partial charge in [-0.2, -0.15) is 0 Å². The fourth-order valence-corrected chi connectivity index (χ4v) is 2.88. The SMILES string of the molecule is CC1Cc2cc(Cl)cc(C(=O)Nc3nccs3)c2O1. The van der Waals surface area contributed by atoms with Crippen LogP contribution in [0.15, 0.2) is 23.7 Å². The Morgan fingerprint density at radius 2 is 2.42 bits per heavy atom. The average Bonchev–Trinajstić information content (AvgIpc) is 2.96. The summed E-state index contributed by atoms with van der Waals surface area (Å²) in [5, 5.41) is 5.64. The molecule has 2 heterocycles. The van der Waals surface area contributed by atoms with Crippen LogP contribution in [0.1, 0.15) is 22.8 Å². The molecule has 0 radical (unpaired) electrons. The summed E-state index contributed by atoms with van der Waals surface area (Å²) in [5.41, 5.74) is 1.44. The van der Waals surface area contributed by atoms with Gasteiger partial charge in [0.2, 0.25) is 0 Å². The van der Waals surface area contributed by atoms with Crippen LogP contribution < -0.4 is 10.1 Å². The second-order valence-corrected chi connectivity index (χ2v) is 5.70. The highest BCUT2D eigenvalue weighted by Crippen LogP contribution is 2.35. The number of carbonyl (C=O) groups is 1. The van der Waals surface area contributed by atoms with E-state index >= 15 is 0 Å². The molecular formula is C13H11ClN2O2S. The predicted octanol–water partition coefficient (Wildman–Crippen LogP) is 3.37. The first kappa shape index (κ1) is 12.4. The molecule has 3 rings (SSSR count). The molecule has 4 nitrogen and oxygen atoms in total. The van der Waals surface area contributed by atoms with Crippen molar-refractivity contribution in [3.8, 4) is 5.75 Å². The lowest BCUT2D eigenvalue weighted by Crippen LogP contribution is -2.14. The highest BCUT2D eigenvalue weighted by molar-refractivity contribution is 7.13. The van der Waals surface area contributed by atoms with Crippen molar-refractivity contribution in [1.82, 2.24) is 4.98 Å². The van der Waals surface area contributed by atoms with Gasteiger partial charge in [-0.25, -0.2) is 4.98 Å². The first-order valence-corrected chi connectivity index (χ1v) is 7.09. The quantitative estimate of drug-likeness (QED) is 0.924. The van der Waals surface area contributed by atoms with E-state index in [-0.39, 0.29) is 12.0 Å². The lowest BCUT2D eigenvalue weighted by Gasteiger charge is -2.09. The standard InChI is InChI=1S/C13H11ClN2O2S/c1-7-4-8-5-9(14)6-10(11(8)18-7)12(17)16-13-15-2-3-19-13/h2-3,5-7H,4H2,1H3,(H,15,16,17). The molecule has 0 spiro atoms. The summed E-state index contributed by atoms with van der Waals surface area (Å²) in [6, 6.07) is 3.47. The summed E-state index contributed by atoms with van der Waals surface area (Å²) in [5.74, 6) is 0.383. The number of nitrogens with one attached hydrogen (secondary N) is 1. The largest absolute Gasteiger partial charge is 0.489 e. The number of thiazole rings is 1. The maximum atomic E-state index is 12.2. The maximum absolute atomic E-state index is 12.2. The molecule has 1 aliphatic heterocycles. The number of fused-ring (bicyclic) bond motifs is 1. The summed E-state index contributed by atoms with van der Waals surface area (Å²) in [6.07, 6.45) is 2.48. The number of benzene rings is 1. The number of nitrogens with zero attached hydrogens (tertiary/aromatic N) is 1. The summed E-state index contributed by atoms with van der Waals surface area (Å²) >= 11 is 7.42. The molecule has 6 heteroatoms. The molecule has 1 N–H and O–H groups in total. The lowest BCUT2D eigenvalue weighted by molar-refractivity contribution is 0.102. The van der Waals surface area contributed by atoms with Crippen molar-refractivity contribution in [2.24, 2.45) is 0 Å². The highest BCUT2D eigenvalue weighted by atomic mass is 35.5. The van der Waals surface area contributed by atoms with Crippen molar-refractivity contribution < 1.29 is 9.53 Å². The van der Waals surface area contributed by atoms with E-state index in [4.69, 9.17) is 16.3 Å². The van der Waals surface area contributed by atoms with Gasteiger partial charge in [0.1, 0.15) is 11.9 Å². The molecule has 0 saturated carbocycles. The monoisotopic (exact) mass is 294 g/mol. The number of ether oxygens (including phenoxy) is 1. The third kappa shape index (κ3) is 2.43. The van der Waals surface area contributed by atoms with Gasteiger partial charge in [0.15, 0.2) is 5.13 Å². The topological polar surface area (TPSA) is 51.2 Å². The smallest absolute Gasteiger partial charge is 0.261 e. The number of carbonyl (C=O) groups excluding carboxylic acids is 1. The van der Waals surface area contributed by atoms with Gasteiger partial charge in [-0.05, 0) is 19.1 Å². The molecule has 1 aliphatic rings. The number of halogens is 1. The zero-order valence-corrected chi connectivity index (χ0v) is 11.7. The van der Waals surface area contributed by atoms with Gasteiger partial charge in [-0.3, -0.25) is 10.1 Å². The number of anilines is 1. The van der Waals surface area contributed by atoms with Crippen molar-refractivity contribution >= 4 is 34.0 Å². The first-order valence-electron chi connectivity index (χ1n) is 5.83. The number of aromatic nitrogens is 1. The van der Waals surface area contributed by atoms with Crippen LogP contribution in [0.3, 0.4) is 0 Å². The van der Waals surface area contributed by atoms with Gasteiger partial charge in [-0.15, -0.1) is 11.3 Å². The van der Waals surface area contributed by atoms with Crippen LogP contribution in [-0.4, -0.2) is 17.0 Å². The van der Waals surface area contributed by atoms with Crippen LogP contribution in [0.4, 0.5) is 5.13 Å². The Labute approximate surface area is 119 Å². The predicted molar refractivity (Wildman–Crippen MR) is 75.3 cm³/mol. The van der Waals surface area contributed by atoms with Crippen LogP contribution in [0, 0.1) is 0 Å². The van der Waals surface area contributed by atoms with Crippen molar-refractivity contribution in [3.05, 3.63) is 39.9 Å². The molecule has 0 saturated heterocycles. The van der Waals surface area contributed by atoms with Gasteiger partial charge in [0.25, 0.3) is 5.91 Å². The molecule has 0 fully saturated rings. The third-order valence-electron chi connectivity index (χ3n) is 2.85. The molecule has 1 amide bonds.